The molecule has 0 bridgehead atoms. The number of aromatic nitrogens is 2. The van der Waals surface area contributed by atoms with Crippen LogP contribution in [0.5, 0.6) is 0 Å². The van der Waals surface area contributed by atoms with E-state index in [0.717, 1.165) is 5.56 Å². The summed E-state index contributed by atoms with van der Waals surface area (Å²) in [5, 5.41) is 11.4. The Bertz CT molecular complexity index is 888. The SMILES string of the molecule is Cc1ccc(CNC(=S)Nc2ccn(Cc3c(F)cccc3Cl)n2)cc1. The highest BCUT2D eigenvalue weighted by Gasteiger charge is 2.09. The maximum Gasteiger partial charge on any atom is 0.172 e. The van der Waals surface area contributed by atoms with Crippen molar-refractivity contribution in [1.82, 2.24) is 15.1 Å². The van der Waals surface area contributed by atoms with Gasteiger partial charge >= 0.3 is 0 Å². The Balaban J connectivity index is 1.56. The molecule has 0 atom stereocenters. The van der Waals surface area contributed by atoms with Crippen molar-refractivity contribution in [2.75, 3.05) is 5.32 Å². The normalized spacial score (nSPS) is 10.6. The minimum atomic E-state index is -0.349. The van der Waals surface area contributed by atoms with E-state index in [4.69, 9.17) is 23.8 Å². The lowest BCUT2D eigenvalue weighted by Gasteiger charge is -2.09. The van der Waals surface area contributed by atoms with Gasteiger partial charge in [-0.1, -0.05) is 47.5 Å². The van der Waals surface area contributed by atoms with Gasteiger partial charge in [-0.2, -0.15) is 5.10 Å². The fourth-order valence-corrected chi connectivity index (χ4v) is 2.81. The molecular weight excluding hydrogens is 371 g/mol. The van der Waals surface area contributed by atoms with Gasteiger partial charge in [-0.25, -0.2) is 4.39 Å². The number of rotatable bonds is 5. The number of halogens is 2. The highest BCUT2D eigenvalue weighted by atomic mass is 35.5. The molecule has 2 N–H and O–H groups in total. The minimum Gasteiger partial charge on any atom is -0.358 e. The van der Waals surface area contributed by atoms with Gasteiger partial charge in [0.2, 0.25) is 0 Å². The molecule has 1 aromatic heterocycles. The van der Waals surface area contributed by atoms with Gasteiger partial charge in [0.15, 0.2) is 10.9 Å². The van der Waals surface area contributed by atoms with Crippen LogP contribution in [0.15, 0.2) is 54.7 Å². The molecule has 0 unspecified atom stereocenters. The predicted octanol–water partition coefficient (Wildman–Crippen LogP) is 4.52. The van der Waals surface area contributed by atoms with Gasteiger partial charge in [0.1, 0.15) is 5.82 Å². The second-order valence-electron chi connectivity index (χ2n) is 5.89. The van der Waals surface area contributed by atoms with Crippen LogP contribution >= 0.6 is 23.8 Å². The van der Waals surface area contributed by atoms with Crippen LogP contribution < -0.4 is 10.6 Å². The lowest BCUT2D eigenvalue weighted by atomic mass is 10.1. The van der Waals surface area contributed by atoms with Crippen molar-refractivity contribution < 1.29 is 4.39 Å². The molecular formula is C19H18ClFN4S. The average Bonchev–Trinajstić information content (AvgIpc) is 3.05. The number of benzene rings is 2. The topological polar surface area (TPSA) is 41.9 Å². The first-order chi connectivity index (χ1) is 12.5. The van der Waals surface area contributed by atoms with Crippen LogP contribution in [0.3, 0.4) is 0 Å². The molecule has 0 aliphatic heterocycles. The lowest BCUT2D eigenvalue weighted by molar-refractivity contribution is 0.586. The van der Waals surface area contributed by atoms with Crippen molar-refractivity contribution in [3.05, 3.63) is 82.3 Å². The largest absolute Gasteiger partial charge is 0.358 e. The Hall–Kier alpha value is -2.44. The fraction of sp³-hybridized carbons (Fsp3) is 0.158. The van der Waals surface area contributed by atoms with Crippen molar-refractivity contribution in [2.45, 2.75) is 20.0 Å². The van der Waals surface area contributed by atoms with E-state index in [0.29, 0.717) is 28.1 Å². The Labute approximate surface area is 162 Å². The summed E-state index contributed by atoms with van der Waals surface area (Å²) in [7, 11) is 0. The first-order valence-electron chi connectivity index (χ1n) is 8.08. The molecule has 0 amide bonds. The fourth-order valence-electron chi connectivity index (χ4n) is 2.41. The van der Waals surface area contributed by atoms with E-state index in [-0.39, 0.29) is 12.4 Å². The van der Waals surface area contributed by atoms with Gasteiger partial charge in [-0.3, -0.25) is 4.68 Å². The lowest BCUT2D eigenvalue weighted by Crippen LogP contribution is -2.28. The predicted molar refractivity (Wildman–Crippen MR) is 107 cm³/mol. The van der Waals surface area contributed by atoms with Crippen molar-refractivity contribution in [3.63, 3.8) is 0 Å². The maximum atomic E-state index is 13.9. The Morgan fingerprint density at radius 2 is 1.96 bits per heavy atom. The Kier molecular flexibility index (Phi) is 5.85. The third-order valence-corrected chi connectivity index (χ3v) is 4.44. The minimum absolute atomic E-state index is 0.247. The molecule has 2 aromatic carbocycles. The number of thiocarbonyl (C=S) groups is 1. The van der Waals surface area contributed by atoms with Gasteiger partial charge in [-0.15, -0.1) is 0 Å². The first-order valence-corrected chi connectivity index (χ1v) is 8.86. The van der Waals surface area contributed by atoms with Crippen molar-refractivity contribution >= 4 is 34.7 Å². The van der Waals surface area contributed by atoms with E-state index in [1.54, 1.807) is 29.1 Å². The molecule has 0 spiro atoms. The van der Waals surface area contributed by atoms with Crippen LogP contribution in [0.4, 0.5) is 10.2 Å². The number of hydrogen-bond donors (Lipinski definition) is 2. The van der Waals surface area contributed by atoms with Gasteiger partial charge in [0.25, 0.3) is 0 Å². The van der Waals surface area contributed by atoms with Crippen molar-refractivity contribution in [2.24, 2.45) is 0 Å². The summed E-state index contributed by atoms with van der Waals surface area (Å²) >= 11 is 11.3. The van der Waals surface area contributed by atoms with E-state index in [2.05, 4.69) is 40.0 Å². The Morgan fingerprint density at radius 3 is 2.69 bits per heavy atom. The van der Waals surface area contributed by atoms with Crippen molar-refractivity contribution in [1.29, 1.82) is 0 Å². The summed E-state index contributed by atoms with van der Waals surface area (Å²) in [6, 6.07) is 14.6. The second-order valence-corrected chi connectivity index (χ2v) is 6.71. The van der Waals surface area contributed by atoms with Crippen LogP contribution in [0.25, 0.3) is 0 Å². The second kappa shape index (κ2) is 8.29. The molecule has 26 heavy (non-hydrogen) atoms. The zero-order valence-corrected chi connectivity index (χ0v) is 15.7. The van der Waals surface area contributed by atoms with Crippen molar-refractivity contribution in [3.8, 4) is 0 Å². The molecule has 0 saturated carbocycles. The monoisotopic (exact) mass is 388 g/mol. The van der Waals surface area contributed by atoms with Crippen LogP contribution in [0.1, 0.15) is 16.7 Å². The molecule has 0 radical (unpaired) electrons. The van der Waals surface area contributed by atoms with Crippen LogP contribution in [-0.4, -0.2) is 14.9 Å². The van der Waals surface area contributed by atoms with Crippen LogP contribution in [0.2, 0.25) is 5.02 Å². The zero-order chi connectivity index (χ0) is 18.5. The molecule has 7 heteroatoms. The summed E-state index contributed by atoms with van der Waals surface area (Å²) in [6.07, 6.45) is 1.74. The maximum absolute atomic E-state index is 13.9. The zero-order valence-electron chi connectivity index (χ0n) is 14.2. The van der Waals surface area contributed by atoms with E-state index in [1.807, 2.05) is 6.92 Å². The smallest absolute Gasteiger partial charge is 0.172 e. The van der Waals surface area contributed by atoms with Gasteiger partial charge < -0.3 is 10.6 Å². The summed E-state index contributed by atoms with van der Waals surface area (Å²) in [5.41, 5.74) is 2.76. The summed E-state index contributed by atoms with van der Waals surface area (Å²) in [4.78, 5) is 0. The van der Waals surface area contributed by atoms with Gasteiger partial charge in [0.05, 0.1) is 6.54 Å². The molecule has 0 saturated heterocycles. The summed E-state index contributed by atoms with van der Waals surface area (Å²) in [5.74, 6) is 0.233. The molecule has 134 valence electrons. The molecule has 4 nitrogen and oxygen atoms in total. The molecule has 3 aromatic rings. The number of aryl methyl sites for hydroxylation is 1. The van der Waals surface area contributed by atoms with Gasteiger partial charge in [0, 0.05) is 29.4 Å². The summed E-state index contributed by atoms with van der Waals surface area (Å²) < 4.78 is 15.5. The average molecular weight is 389 g/mol. The van der Waals surface area contributed by atoms with Crippen LogP contribution in [-0.2, 0) is 13.1 Å². The highest BCUT2D eigenvalue weighted by molar-refractivity contribution is 7.80. The van der Waals surface area contributed by atoms with E-state index >= 15 is 0 Å². The number of nitrogens with zero attached hydrogens (tertiary/aromatic N) is 2. The van der Waals surface area contributed by atoms with Crippen LogP contribution in [0, 0.1) is 12.7 Å². The molecule has 0 fully saturated rings. The highest BCUT2D eigenvalue weighted by Crippen LogP contribution is 2.20. The Morgan fingerprint density at radius 1 is 1.19 bits per heavy atom. The van der Waals surface area contributed by atoms with E-state index in [1.165, 1.54) is 11.6 Å². The number of nitrogens with one attached hydrogen (secondary N) is 2. The molecule has 0 aliphatic rings. The first kappa shape index (κ1) is 18.4. The standard InChI is InChI=1S/C19H18ClFN4S/c1-13-5-7-14(8-6-13)11-22-19(26)23-18-9-10-25(24-18)12-15-16(20)3-2-4-17(15)21/h2-10H,11-12H2,1H3,(H2,22,23,24,26). The molecule has 0 aliphatic carbocycles. The third kappa shape index (κ3) is 4.80. The third-order valence-electron chi connectivity index (χ3n) is 3.84. The molecule has 3 rings (SSSR count). The number of hydrogen-bond acceptors (Lipinski definition) is 2. The molecule has 1 heterocycles. The van der Waals surface area contributed by atoms with E-state index < -0.39 is 0 Å². The van der Waals surface area contributed by atoms with Gasteiger partial charge in [-0.05, 0) is 36.8 Å². The number of anilines is 1. The van der Waals surface area contributed by atoms with E-state index in [9.17, 15) is 4.39 Å². The quantitative estimate of drug-likeness (QED) is 0.630. The summed E-state index contributed by atoms with van der Waals surface area (Å²) in [6.45, 7) is 2.92.